The summed E-state index contributed by atoms with van der Waals surface area (Å²) in [5, 5.41) is 29.8. The minimum Gasteiger partial charge on any atom is -0.507 e. The highest BCUT2D eigenvalue weighted by Crippen LogP contribution is 2.41. The number of carbonyl (C=O) groups is 1. The standard InChI is InChI=1S/C19H14O4/c20-16-10-3-1-6-12(16)13-8-5-9-15(19(22)23)18(13)14-7-2-4-11-17(14)21/h1-11,20-21H,(H,22,23). The third-order valence-electron chi connectivity index (χ3n) is 3.66. The highest BCUT2D eigenvalue weighted by atomic mass is 16.4. The molecule has 0 saturated heterocycles. The zero-order valence-electron chi connectivity index (χ0n) is 12.1. The predicted octanol–water partition coefficient (Wildman–Crippen LogP) is 4.13. The molecule has 4 heteroatoms. The first-order valence-electron chi connectivity index (χ1n) is 7.02. The van der Waals surface area contributed by atoms with Crippen LogP contribution in [-0.2, 0) is 0 Å². The van der Waals surface area contributed by atoms with Crippen molar-refractivity contribution in [2.75, 3.05) is 0 Å². The molecule has 0 aliphatic carbocycles. The lowest BCUT2D eigenvalue weighted by atomic mass is 9.89. The van der Waals surface area contributed by atoms with Gasteiger partial charge in [-0.1, -0.05) is 48.5 Å². The fourth-order valence-electron chi connectivity index (χ4n) is 2.63. The lowest BCUT2D eigenvalue weighted by Gasteiger charge is -2.15. The Labute approximate surface area is 132 Å². The number of para-hydroxylation sites is 2. The van der Waals surface area contributed by atoms with E-state index in [0.29, 0.717) is 22.3 Å². The van der Waals surface area contributed by atoms with Gasteiger partial charge in [0.15, 0.2) is 0 Å². The Morgan fingerprint density at radius 3 is 1.74 bits per heavy atom. The molecule has 0 heterocycles. The van der Waals surface area contributed by atoms with Crippen LogP contribution in [0, 0.1) is 0 Å². The molecule has 0 amide bonds. The van der Waals surface area contributed by atoms with Gasteiger partial charge in [0.05, 0.1) is 5.56 Å². The Kier molecular flexibility index (Phi) is 3.73. The normalized spacial score (nSPS) is 10.4. The Bertz CT molecular complexity index is 884. The van der Waals surface area contributed by atoms with E-state index >= 15 is 0 Å². The van der Waals surface area contributed by atoms with Crippen molar-refractivity contribution in [1.82, 2.24) is 0 Å². The molecule has 0 unspecified atom stereocenters. The molecule has 3 N–H and O–H groups in total. The van der Waals surface area contributed by atoms with Crippen molar-refractivity contribution in [2.24, 2.45) is 0 Å². The van der Waals surface area contributed by atoms with Gasteiger partial charge in [0.1, 0.15) is 11.5 Å². The van der Waals surface area contributed by atoms with Crippen LogP contribution in [0.25, 0.3) is 22.3 Å². The van der Waals surface area contributed by atoms with Crippen LogP contribution in [0.5, 0.6) is 11.5 Å². The molecular weight excluding hydrogens is 292 g/mol. The Hall–Kier alpha value is -3.27. The van der Waals surface area contributed by atoms with Crippen LogP contribution in [0.15, 0.2) is 66.7 Å². The van der Waals surface area contributed by atoms with Crippen molar-refractivity contribution < 1.29 is 20.1 Å². The summed E-state index contributed by atoms with van der Waals surface area (Å²) >= 11 is 0. The van der Waals surface area contributed by atoms with Gasteiger partial charge in [0.25, 0.3) is 0 Å². The van der Waals surface area contributed by atoms with E-state index in [-0.39, 0.29) is 17.1 Å². The van der Waals surface area contributed by atoms with E-state index in [9.17, 15) is 20.1 Å². The highest BCUT2D eigenvalue weighted by molar-refractivity contribution is 6.02. The van der Waals surface area contributed by atoms with Gasteiger partial charge in [-0.25, -0.2) is 4.79 Å². The number of aromatic carboxylic acids is 1. The number of aromatic hydroxyl groups is 2. The average molecular weight is 306 g/mol. The molecule has 3 aromatic rings. The number of phenolic OH excluding ortho intramolecular Hbond substituents is 2. The predicted molar refractivity (Wildman–Crippen MR) is 87.6 cm³/mol. The zero-order valence-corrected chi connectivity index (χ0v) is 12.1. The van der Waals surface area contributed by atoms with E-state index < -0.39 is 5.97 Å². The third kappa shape index (κ3) is 2.62. The molecule has 0 saturated carbocycles. The van der Waals surface area contributed by atoms with Crippen LogP contribution >= 0.6 is 0 Å². The van der Waals surface area contributed by atoms with Crippen LogP contribution in [0.1, 0.15) is 10.4 Å². The maximum Gasteiger partial charge on any atom is 0.336 e. The van der Waals surface area contributed by atoms with Gasteiger partial charge in [-0.2, -0.15) is 0 Å². The molecule has 4 nitrogen and oxygen atoms in total. The Morgan fingerprint density at radius 2 is 1.17 bits per heavy atom. The number of hydrogen-bond donors (Lipinski definition) is 3. The van der Waals surface area contributed by atoms with Gasteiger partial charge in [-0.05, 0) is 23.8 Å². The fourth-order valence-corrected chi connectivity index (χ4v) is 2.63. The number of rotatable bonds is 3. The van der Waals surface area contributed by atoms with Gasteiger partial charge < -0.3 is 15.3 Å². The third-order valence-corrected chi connectivity index (χ3v) is 3.66. The molecule has 0 atom stereocenters. The number of carboxylic acid groups (broad SMARTS) is 1. The average Bonchev–Trinajstić information content (AvgIpc) is 2.55. The summed E-state index contributed by atoms with van der Waals surface area (Å²) < 4.78 is 0. The smallest absolute Gasteiger partial charge is 0.336 e. The Morgan fingerprint density at radius 1 is 0.652 bits per heavy atom. The van der Waals surface area contributed by atoms with Gasteiger partial charge in [0.2, 0.25) is 0 Å². The molecule has 3 rings (SSSR count). The number of phenols is 2. The van der Waals surface area contributed by atoms with Gasteiger partial charge in [-0.15, -0.1) is 0 Å². The molecule has 0 radical (unpaired) electrons. The van der Waals surface area contributed by atoms with Crippen LogP contribution in [0.3, 0.4) is 0 Å². The maximum absolute atomic E-state index is 11.6. The first kappa shape index (κ1) is 14.7. The van der Waals surface area contributed by atoms with E-state index in [1.807, 2.05) is 0 Å². The Balaban J connectivity index is 2.39. The first-order valence-corrected chi connectivity index (χ1v) is 7.02. The van der Waals surface area contributed by atoms with Crippen LogP contribution in [-0.4, -0.2) is 21.3 Å². The molecule has 114 valence electrons. The minimum absolute atomic E-state index is 0.0159. The lowest BCUT2D eigenvalue weighted by Crippen LogP contribution is -2.01. The molecular formula is C19H14O4. The fraction of sp³-hybridized carbons (Fsp3) is 0. The second kappa shape index (κ2) is 5.85. The van der Waals surface area contributed by atoms with E-state index in [1.54, 1.807) is 48.5 Å². The van der Waals surface area contributed by atoms with E-state index in [4.69, 9.17) is 0 Å². The van der Waals surface area contributed by atoms with E-state index in [2.05, 4.69) is 0 Å². The van der Waals surface area contributed by atoms with Crippen molar-refractivity contribution in [2.45, 2.75) is 0 Å². The van der Waals surface area contributed by atoms with Crippen molar-refractivity contribution in [3.05, 3.63) is 72.3 Å². The summed E-state index contributed by atoms with van der Waals surface area (Å²) in [5.41, 5.74) is 1.90. The summed E-state index contributed by atoms with van der Waals surface area (Å²) in [4.78, 5) is 11.6. The van der Waals surface area contributed by atoms with Gasteiger partial charge >= 0.3 is 5.97 Å². The molecule has 23 heavy (non-hydrogen) atoms. The minimum atomic E-state index is -1.10. The second-order valence-corrected chi connectivity index (χ2v) is 5.07. The van der Waals surface area contributed by atoms with E-state index in [0.717, 1.165) is 0 Å². The molecule has 0 spiro atoms. The van der Waals surface area contributed by atoms with Crippen LogP contribution in [0.2, 0.25) is 0 Å². The summed E-state index contributed by atoms with van der Waals surface area (Å²) in [6.07, 6.45) is 0. The molecule has 0 aliphatic heterocycles. The summed E-state index contributed by atoms with van der Waals surface area (Å²) in [5.74, 6) is -1.06. The number of hydrogen-bond acceptors (Lipinski definition) is 3. The number of benzene rings is 3. The topological polar surface area (TPSA) is 77.8 Å². The number of carboxylic acids is 1. The SMILES string of the molecule is O=C(O)c1cccc(-c2ccccc2O)c1-c1ccccc1O. The molecule has 0 aliphatic rings. The van der Waals surface area contributed by atoms with Gasteiger partial charge in [0, 0.05) is 16.7 Å². The zero-order chi connectivity index (χ0) is 16.4. The maximum atomic E-state index is 11.6. The molecule has 3 aromatic carbocycles. The summed E-state index contributed by atoms with van der Waals surface area (Å²) in [6.45, 7) is 0. The monoisotopic (exact) mass is 306 g/mol. The first-order chi connectivity index (χ1) is 11.1. The lowest BCUT2D eigenvalue weighted by molar-refractivity contribution is 0.0698. The van der Waals surface area contributed by atoms with Crippen molar-refractivity contribution in [3.8, 4) is 33.8 Å². The second-order valence-electron chi connectivity index (χ2n) is 5.07. The highest BCUT2D eigenvalue weighted by Gasteiger charge is 2.20. The van der Waals surface area contributed by atoms with Crippen molar-refractivity contribution in [3.63, 3.8) is 0 Å². The van der Waals surface area contributed by atoms with Crippen LogP contribution < -0.4 is 0 Å². The van der Waals surface area contributed by atoms with Gasteiger partial charge in [-0.3, -0.25) is 0 Å². The molecule has 0 aromatic heterocycles. The van der Waals surface area contributed by atoms with Crippen molar-refractivity contribution >= 4 is 5.97 Å². The molecule has 0 bridgehead atoms. The molecule has 0 fully saturated rings. The largest absolute Gasteiger partial charge is 0.507 e. The van der Waals surface area contributed by atoms with E-state index in [1.165, 1.54) is 18.2 Å². The van der Waals surface area contributed by atoms with Crippen molar-refractivity contribution in [1.29, 1.82) is 0 Å². The quantitative estimate of drug-likeness (QED) is 0.680. The summed E-state index contributed by atoms with van der Waals surface area (Å²) in [6, 6.07) is 18.1. The summed E-state index contributed by atoms with van der Waals surface area (Å²) in [7, 11) is 0. The van der Waals surface area contributed by atoms with Crippen LogP contribution in [0.4, 0.5) is 0 Å².